The van der Waals surface area contributed by atoms with E-state index in [2.05, 4.69) is 26.8 Å². The summed E-state index contributed by atoms with van der Waals surface area (Å²) in [6.07, 6.45) is 2.06. The number of para-hydroxylation sites is 1. The van der Waals surface area contributed by atoms with Crippen molar-refractivity contribution in [2.45, 2.75) is 20.8 Å². The average molecular weight is 224 g/mol. The third kappa shape index (κ3) is 3.96. The predicted molar refractivity (Wildman–Crippen MR) is 68.2 cm³/mol. The Balaban J connectivity index is 2.87. The second-order valence-electron chi connectivity index (χ2n) is 4.73. The van der Waals surface area contributed by atoms with Crippen molar-refractivity contribution < 1.29 is 0 Å². The zero-order valence-electron chi connectivity index (χ0n) is 9.79. The SMILES string of the molecule is CN(/C(Cl)=C\C(C)(C)C)c1ccccc1. The van der Waals surface area contributed by atoms with Gasteiger partial charge in [0.1, 0.15) is 5.16 Å². The van der Waals surface area contributed by atoms with Crippen LogP contribution in [-0.4, -0.2) is 7.05 Å². The van der Waals surface area contributed by atoms with Crippen LogP contribution in [0.2, 0.25) is 0 Å². The first-order valence-electron chi connectivity index (χ1n) is 5.07. The Morgan fingerprint density at radius 2 is 1.73 bits per heavy atom. The van der Waals surface area contributed by atoms with Gasteiger partial charge in [0.05, 0.1) is 0 Å². The van der Waals surface area contributed by atoms with Crippen LogP contribution in [0.15, 0.2) is 41.6 Å². The number of halogens is 1. The number of benzene rings is 1. The minimum atomic E-state index is 0.0973. The van der Waals surface area contributed by atoms with E-state index in [1.807, 2.05) is 42.3 Å². The third-order valence-corrected chi connectivity index (χ3v) is 2.38. The Morgan fingerprint density at radius 1 is 1.20 bits per heavy atom. The summed E-state index contributed by atoms with van der Waals surface area (Å²) in [6.45, 7) is 6.40. The average Bonchev–Trinajstić information content (AvgIpc) is 2.15. The fourth-order valence-electron chi connectivity index (χ4n) is 1.23. The molecule has 0 saturated carbocycles. The highest BCUT2D eigenvalue weighted by Gasteiger charge is 2.10. The number of rotatable bonds is 2. The first kappa shape index (κ1) is 12.1. The van der Waals surface area contributed by atoms with E-state index in [-0.39, 0.29) is 5.41 Å². The van der Waals surface area contributed by atoms with Crippen molar-refractivity contribution in [3.8, 4) is 0 Å². The normalized spacial score (nSPS) is 12.7. The van der Waals surface area contributed by atoms with Crippen LogP contribution in [0.5, 0.6) is 0 Å². The molecule has 0 aliphatic heterocycles. The molecule has 0 saturated heterocycles. The standard InChI is InChI=1S/C13H18ClN/c1-13(2,3)10-12(14)15(4)11-8-6-5-7-9-11/h5-10H,1-4H3/b12-10-. The van der Waals surface area contributed by atoms with Crippen LogP contribution in [0, 0.1) is 5.41 Å². The number of nitrogens with zero attached hydrogens (tertiary/aromatic N) is 1. The van der Waals surface area contributed by atoms with E-state index in [1.165, 1.54) is 0 Å². The summed E-state index contributed by atoms with van der Waals surface area (Å²) in [5.41, 5.74) is 1.20. The molecule has 0 fully saturated rings. The van der Waals surface area contributed by atoms with Gasteiger partial charge in [0, 0.05) is 12.7 Å². The summed E-state index contributed by atoms with van der Waals surface area (Å²) in [4.78, 5) is 1.98. The van der Waals surface area contributed by atoms with Crippen LogP contribution >= 0.6 is 11.6 Å². The Morgan fingerprint density at radius 3 is 2.20 bits per heavy atom. The minimum absolute atomic E-state index is 0.0973. The van der Waals surface area contributed by atoms with Gasteiger partial charge in [-0.05, 0) is 23.6 Å². The van der Waals surface area contributed by atoms with E-state index in [0.29, 0.717) is 0 Å². The molecule has 15 heavy (non-hydrogen) atoms. The van der Waals surface area contributed by atoms with Crippen molar-refractivity contribution in [3.63, 3.8) is 0 Å². The Kier molecular flexibility index (Phi) is 3.81. The summed E-state index contributed by atoms with van der Waals surface area (Å²) in [7, 11) is 1.97. The van der Waals surface area contributed by atoms with Gasteiger partial charge in [0.25, 0.3) is 0 Å². The topological polar surface area (TPSA) is 3.24 Å². The maximum Gasteiger partial charge on any atom is 0.105 e. The fraction of sp³-hybridized carbons (Fsp3) is 0.385. The van der Waals surface area contributed by atoms with Crippen LogP contribution in [0.4, 0.5) is 5.69 Å². The van der Waals surface area contributed by atoms with Gasteiger partial charge in [-0.25, -0.2) is 0 Å². The summed E-state index contributed by atoms with van der Waals surface area (Å²) >= 11 is 6.24. The van der Waals surface area contributed by atoms with Gasteiger partial charge in [0.15, 0.2) is 0 Å². The van der Waals surface area contributed by atoms with Gasteiger partial charge in [-0.3, -0.25) is 0 Å². The van der Waals surface area contributed by atoms with Crippen molar-refractivity contribution >= 4 is 17.3 Å². The number of hydrogen-bond donors (Lipinski definition) is 0. The van der Waals surface area contributed by atoms with E-state index in [4.69, 9.17) is 11.6 Å². The van der Waals surface area contributed by atoms with Gasteiger partial charge in [-0.2, -0.15) is 0 Å². The molecule has 0 radical (unpaired) electrons. The smallest absolute Gasteiger partial charge is 0.105 e. The molecule has 0 aromatic heterocycles. The molecular weight excluding hydrogens is 206 g/mol. The molecule has 0 spiro atoms. The maximum absolute atomic E-state index is 6.24. The number of anilines is 1. The molecule has 1 rings (SSSR count). The molecule has 0 aliphatic rings. The quantitative estimate of drug-likeness (QED) is 0.678. The van der Waals surface area contributed by atoms with Gasteiger partial charge in [0.2, 0.25) is 0 Å². The molecule has 0 N–H and O–H groups in total. The van der Waals surface area contributed by atoms with E-state index < -0.39 is 0 Å². The summed E-state index contributed by atoms with van der Waals surface area (Å²) in [5.74, 6) is 0. The molecule has 0 atom stereocenters. The largest absolute Gasteiger partial charge is 0.336 e. The highest BCUT2D eigenvalue weighted by Crippen LogP contribution is 2.24. The molecule has 0 amide bonds. The van der Waals surface area contributed by atoms with E-state index in [0.717, 1.165) is 10.8 Å². The molecule has 0 unspecified atom stereocenters. The zero-order chi connectivity index (χ0) is 11.5. The van der Waals surface area contributed by atoms with Gasteiger partial charge in [-0.1, -0.05) is 50.6 Å². The summed E-state index contributed by atoms with van der Waals surface area (Å²) < 4.78 is 0. The zero-order valence-corrected chi connectivity index (χ0v) is 10.5. The lowest BCUT2D eigenvalue weighted by atomic mass is 9.97. The van der Waals surface area contributed by atoms with Crippen molar-refractivity contribution in [2.24, 2.45) is 5.41 Å². The number of hydrogen-bond acceptors (Lipinski definition) is 1. The van der Waals surface area contributed by atoms with Crippen molar-refractivity contribution in [1.82, 2.24) is 0 Å². The summed E-state index contributed by atoms with van der Waals surface area (Å²) in [5, 5.41) is 0.758. The lowest BCUT2D eigenvalue weighted by Crippen LogP contribution is -2.15. The van der Waals surface area contributed by atoms with Crippen LogP contribution in [0.3, 0.4) is 0 Å². The first-order valence-corrected chi connectivity index (χ1v) is 5.45. The monoisotopic (exact) mass is 223 g/mol. The lowest BCUT2D eigenvalue weighted by Gasteiger charge is -2.21. The first-order chi connectivity index (χ1) is 6.90. The van der Waals surface area contributed by atoms with Crippen LogP contribution in [0.1, 0.15) is 20.8 Å². The molecule has 0 bridgehead atoms. The highest BCUT2D eigenvalue weighted by molar-refractivity contribution is 6.31. The Hall–Kier alpha value is -0.950. The fourth-order valence-corrected chi connectivity index (χ4v) is 1.65. The molecule has 2 heteroatoms. The van der Waals surface area contributed by atoms with Crippen LogP contribution in [0.25, 0.3) is 0 Å². The minimum Gasteiger partial charge on any atom is -0.336 e. The molecule has 1 aromatic rings. The lowest BCUT2D eigenvalue weighted by molar-refractivity contribution is 0.541. The molecule has 1 nitrogen and oxygen atoms in total. The third-order valence-electron chi connectivity index (χ3n) is 2.02. The van der Waals surface area contributed by atoms with Crippen molar-refractivity contribution in [2.75, 3.05) is 11.9 Å². The maximum atomic E-state index is 6.24. The van der Waals surface area contributed by atoms with Gasteiger partial charge >= 0.3 is 0 Å². The van der Waals surface area contributed by atoms with Crippen molar-refractivity contribution in [1.29, 1.82) is 0 Å². The van der Waals surface area contributed by atoms with Crippen LogP contribution in [-0.2, 0) is 0 Å². The molecule has 82 valence electrons. The molecular formula is C13H18ClN. The van der Waals surface area contributed by atoms with Crippen molar-refractivity contribution in [3.05, 3.63) is 41.6 Å². The van der Waals surface area contributed by atoms with Crippen LogP contribution < -0.4 is 4.90 Å². The molecule has 0 aliphatic carbocycles. The Bertz CT molecular complexity index is 335. The van der Waals surface area contributed by atoms with E-state index in [9.17, 15) is 0 Å². The molecule has 1 aromatic carbocycles. The van der Waals surface area contributed by atoms with E-state index >= 15 is 0 Å². The number of allylic oxidation sites excluding steroid dienone is 1. The summed E-state index contributed by atoms with van der Waals surface area (Å²) in [6, 6.07) is 10.1. The highest BCUT2D eigenvalue weighted by atomic mass is 35.5. The Labute approximate surface area is 97.4 Å². The second kappa shape index (κ2) is 4.71. The molecule has 0 heterocycles. The second-order valence-corrected chi connectivity index (χ2v) is 5.11. The predicted octanol–water partition coefficient (Wildman–Crippen LogP) is 4.25. The van der Waals surface area contributed by atoms with Gasteiger partial charge < -0.3 is 4.90 Å². The van der Waals surface area contributed by atoms with Gasteiger partial charge in [-0.15, -0.1) is 0 Å². The van der Waals surface area contributed by atoms with E-state index in [1.54, 1.807) is 0 Å².